The van der Waals surface area contributed by atoms with Crippen molar-refractivity contribution in [3.63, 3.8) is 0 Å². The van der Waals surface area contributed by atoms with E-state index in [9.17, 15) is 9.59 Å². The number of nitrogens with zero attached hydrogens (tertiary/aromatic N) is 1. The minimum absolute atomic E-state index is 0.114. The molecule has 0 fully saturated rings. The minimum Gasteiger partial charge on any atom is -0.357 e. The molecule has 34 heavy (non-hydrogen) atoms. The van der Waals surface area contributed by atoms with E-state index >= 15 is 0 Å². The van der Waals surface area contributed by atoms with Gasteiger partial charge in [-0.2, -0.15) is 0 Å². The largest absolute Gasteiger partial charge is 0.357 e. The van der Waals surface area contributed by atoms with Gasteiger partial charge in [-0.05, 0) is 47.5 Å². The fraction of sp³-hybridized carbons (Fsp3) is 0.231. The standard InChI is InChI=1S/C26H25Cl3N2O2S/c1-30-26(33)24(16-18-5-3-2-4-6-18)31(17-19-7-12-22(28)23(29)15-19)25(32)13-14-34-21-10-8-20(27)9-11-21/h2-12,15,24H,13-14,16-17H2,1H3,(H,30,33)/t24-/m1/s1. The second-order valence-corrected chi connectivity index (χ2v) is 10.1. The predicted octanol–water partition coefficient (Wildman–Crippen LogP) is 6.52. The van der Waals surface area contributed by atoms with Gasteiger partial charge in [-0.15, -0.1) is 11.8 Å². The van der Waals surface area contributed by atoms with Gasteiger partial charge in [-0.1, -0.05) is 71.2 Å². The average molecular weight is 536 g/mol. The summed E-state index contributed by atoms with van der Waals surface area (Å²) in [6.07, 6.45) is 0.675. The van der Waals surface area contributed by atoms with Crippen LogP contribution in [0.4, 0.5) is 0 Å². The average Bonchev–Trinajstić information content (AvgIpc) is 2.84. The molecule has 0 aromatic heterocycles. The van der Waals surface area contributed by atoms with Crippen LogP contribution in [-0.4, -0.2) is 35.6 Å². The molecule has 1 atom stereocenters. The van der Waals surface area contributed by atoms with Gasteiger partial charge in [0.15, 0.2) is 0 Å². The summed E-state index contributed by atoms with van der Waals surface area (Å²) in [5, 5.41) is 4.23. The zero-order chi connectivity index (χ0) is 24.5. The number of rotatable bonds is 10. The first-order valence-electron chi connectivity index (χ1n) is 10.7. The van der Waals surface area contributed by atoms with E-state index in [1.54, 1.807) is 35.8 Å². The lowest BCUT2D eigenvalue weighted by Crippen LogP contribution is -2.49. The molecule has 4 nitrogen and oxygen atoms in total. The van der Waals surface area contributed by atoms with Crippen LogP contribution in [0, 0.1) is 0 Å². The van der Waals surface area contributed by atoms with Crippen LogP contribution < -0.4 is 5.32 Å². The highest BCUT2D eigenvalue weighted by Gasteiger charge is 2.29. The molecule has 8 heteroatoms. The third-order valence-electron chi connectivity index (χ3n) is 5.25. The van der Waals surface area contributed by atoms with E-state index in [0.29, 0.717) is 27.2 Å². The van der Waals surface area contributed by atoms with Crippen molar-refractivity contribution < 1.29 is 9.59 Å². The van der Waals surface area contributed by atoms with Crippen molar-refractivity contribution in [1.82, 2.24) is 10.2 Å². The Morgan fingerprint density at radius 3 is 2.26 bits per heavy atom. The van der Waals surface area contributed by atoms with Crippen LogP contribution in [0.2, 0.25) is 15.1 Å². The third-order valence-corrected chi connectivity index (χ3v) is 7.26. The Labute approximate surface area is 219 Å². The number of benzene rings is 3. The molecule has 0 saturated carbocycles. The molecule has 2 amide bonds. The van der Waals surface area contributed by atoms with Gasteiger partial charge >= 0.3 is 0 Å². The molecule has 3 aromatic carbocycles. The summed E-state index contributed by atoms with van der Waals surface area (Å²) in [6.45, 7) is 0.242. The summed E-state index contributed by atoms with van der Waals surface area (Å²) in [7, 11) is 1.58. The molecular formula is C26H25Cl3N2O2S. The molecule has 0 bridgehead atoms. The SMILES string of the molecule is CNC(=O)[C@@H](Cc1ccccc1)N(Cc1ccc(Cl)c(Cl)c1)C(=O)CCSc1ccc(Cl)cc1. The van der Waals surface area contributed by atoms with Crippen molar-refractivity contribution >= 4 is 58.4 Å². The highest BCUT2D eigenvalue weighted by molar-refractivity contribution is 7.99. The van der Waals surface area contributed by atoms with Crippen LogP contribution in [0.3, 0.4) is 0 Å². The van der Waals surface area contributed by atoms with Gasteiger partial charge in [0.25, 0.3) is 0 Å². The topological polar surface area (TPSA) is 49.4 Å². The van der Waals surface area contributed by atoms with Crippen LogP contribution in [-0.2, 0) is 22.6 Å². The number of likely N-dealkylation sites (N-methyl/N-ethyl adjacent to an activating group) is 1. The van der Waals surface area contributed by atoms with E-state index in [2.05, 4.69) is 5.32 Å². The van der Waals surface area contributed by atoms with Crippen molar-refractivity contribution in [2.24, 2.45) is 0 Å². The molecule has 1 N–H and O–H groups in total. The fourth-order valence-electron chi connectivity index (χ4n) is 3.49. The van der Waals surface area contributed by atoms with Gasteiger partial charge in [0.2, 0.25) is 11.8 Å². The lowest BCUT2D eigenvalue weighted by atomic mass is 10.0. The Hall–Kier alpha value is -2.18. The second kappa shape index (κ2) is 13.1. The second-order valence-electron chi connectivity index (χ2n) is 7.64. The zero-order valence-electron chi connectivity index (χ0n) is 18.6. The predicted molar refractivity (Wildman–Crippen MR) is 142 cm³/mol. The zero-order valence-corrected chi connectivity index (χ0v) is 21.7. The van der Waals surface area contributed by atoms with Crippen LogP contribution in [0.1, 0.15) is 17.5 Å². The van der Waals surface area contributed by atoms with Gasteiger partial charge in [-0.3, -0.25) is 9.59 Å². The van der Waals surface area contributed by atoms with Gasteiger partial charge in [-0.25, -0.2) is 0 Å². The molecule has 0 saturated heterocycles. The first-order valence-corrected chi connectivity index (χ1v) is 12.9. The van der Waals surface area contributed by atoms with Crippen LogP contribution in [0.15, 0.2) is 77.7 Å². The number of thioether (sulfide) groups is 1. The molecule has 178 valence electrons. The highest BCUT2D eigenvalue weighted by Crippen LogP contribution is 2.25. The lowest BCUT2D eigenvalue weighted by molar-refractivity contribution is -0.140. The van der Waals surface area contributed by atoms with Gasteiger partial charge in [0.1, 0.15) is 6.04 Å². The van der Waals surface area contributed by atoms with Crippen molar-refractivity contribution in [3.8, 4) is 0 Å². The van der Waals surface area contributed by atoms with Crippen molar-refractivity contribution in [3.05, 3.63) is 99.0 Å². The number of nitrogens with one attached hydrogen (secondary N) is 1. The van der Waals surface area contributed by atoms with Gasteiger partial charge in [0.05, 0.1) is 10.0 Å². The van der Waals surface area contributed by atoms with E-state index in [0.717, 1.165) is 16.0 Å². The first-order chi connectivity index (χ1) is 16.4. The van der Waals surface area contributed by atoms with E-state index in [4.69, 9.17) is 34.8 Å². The van der Waals surface area contributed by atoms with Crippen molar-refractivity contribution in [1.29, 1.82) is 0 Å². The Kier molecular flexibility index (Phi) is 10.1. The van der Waals surface area contributed by atoms with Crippen LogP contribution >= 0.6 is 46.6 Å². The minimum atomic E-state index is -0.671. The molecule has 3 rings (SSSR count). The number of hydrogen-bond donors (Lipinski definition) is 1. The monoisotopic (exact) mass is 534 g/mol. The Morgan fingerprint density at radius 2 is 1.62 bits per heavy atom. The smallest absolute Gasteiger partial charge is 0.242 e. The Bertz CT molecular complexity index is 1110. The molecule has 3 aromatic rings. The lowest BCUT2D eigenvalue weighted by Gasteiger charge is -2.31. The maximum Gasteiger partial charge on any atom is 0.242 e. The Morgan fingerprint density at radius 1 is 0.912 bits per heavy atom. The molecule has 0 aliphatic rings. The summed E-state index contributed by atoms with van der Waals surface area (Å²) in [5.74, 6) is 0.240. The molecule has 0 aliphatic carbocycles. The maximum absolute atomic E-state index is 13.4. The molecule has 0 unspecified atom stereocenters. The quantitative estimate of drug-likeness (QED) is 0.301. The van der Waals surface area contributed by atoms with E-state index in [-0.39, 0.29) is 24.8 Å². The maximum atomic E-state index is 13.4. The van der Waals surface area contributed by atoms with E-state index in [1.165, 1.54) is 0 Å². The van der Waals surface area contributed by atoms with Gasteiger partial charge in [0, 0.05) is 42.1 Å². The molecule has 0 heterocycles. The van der Waals surface area contributed by atoms with Crippen molar-refractivity contribution in [2.45, 2.75) is 30.3 Å². The molecule has 0 radical (unpaired) electrons. The summed E-state index contributed by atoms with van der Waals surface area (Å²) in [5.41, 5.74) is 1.77. The van der Waals surface area contributed by atoms with E-state index in [1.807, 2.05) is 60.7 Å². The summed E-state index contributed by atoms with van der Waals surface area (Å²) < 4.78 is 0. The molecule has 0 aliphatic heterocycles. The number of carbonyl (C=O) groups excluding carboxylic acids is 2. The fourth-order valence-corrected chi connectivity index (χ4v) is 4.77. The number of hydrogen-bond acceptors (Lipinski definition) is 3. The normalized spacial score (nSPS) is 11.6. The third kappa shape index (κ3) is 7.67. The number of halogens is 3. The molecule has 0 spiro atoms. The van der Waals surface area contributed by atoms with Crippen LogP contribution in [0.25, 0.3) is 0 Å². The summed E-state index contributed by atoms with van der Waals surface area (Å²) in [4.78, 5) is 29.0. The van der Waals surface area contributed by atoms with E-state index < -0.39 is 6.04 Å². The Balaban J connectivity index is 1.82. The molecular weight excluding hydrogens is 511 g/mol. The highest BCUT2D eigenvalue weighted by atomic mass is 35.5. The summed E-state index contributed by atoms with van der Waals surface area (Å²) >= 11 is 19.8. The van der Waals surface area contributed by atoms with Crippen molar-refractivity contribution in [2.75, 3.05) is 12.8 Å². The van der Waals surface area contributed by atoms with Crippen LogP contribution in [0.5, 0.6) is 0 Å². The summed E-state index contributed by atoms with van der Waals surface area (Å²) in [6, 6.07) is 21.7. The number of carbonyl (C=O) groups is 2. The number of amides is 2. The first kappa shape index (κ1) is 26.4. The van der Waals surface area contributed by atoms with Gasteiger partial charge < -0.3 is 10.2 Å².